The van der Waals surface area contributed by atoms with Crippen LogP contribution in [0.5, 0.6) is 0 Å². The molecule has 0 heterocycles. The summed E-state index contributed by atoms with van der Waals surface area (Å²) in [6.45, 7) is 1.83. The monoisotopic (exact) mass is 461 g/mol. The van der Waals surface area contributed by atoms with E-state index in [1.165, 1.54) is 0 Å². The Morgan fingerprint density at radius 1 is 1.28 bits per heavy atom. The third-order valence-corrected chi connectivity index (χ3v) is 4.27. The topological polar surface area (TPSA) is 95.8 Å². The van der Waals surface area contributed by atoms with Crippen molar-refractivity contribution in [2.75, 3.05) is 5.43 Å². The molecule has 7 heteroatoms. The van der Waals surface area contributed by atoms with E-state index in [1.54, 1.807) is 18.2 Å². The maximum absolute atomic E-state index is 8.96. The van der Waals surface area contributed by atoms with Crippen molar-refractivity contribution in [3.05, 3.63) is 24.3 Å². The molecule has 0 saturated heterocycles. The molecular formula is C11H5I2N5. The third-order valence-electron chi connectivity index (χ3n) is 2.07. The predicted molar refractivity (Wildman–Crippen MR) is 83.6 cm³/mol. The fourth-order valence-corrected chi connectivity index (χ4v) is 3.04. The van der Waals surface area contributed by atoms with E-state index in [9.17, 15) is 0 Å². The summed E-state index contributed by atoms with van der Waals surface area (Å²) >= 11 is 4.17. The first-order valence-corrected chi connectivity index (χ1v) is 6.73. The van der Waals surface area contributed by atoms with Crippen LogP contribution in [0.4, 0.5) is 5.69 Å². The lowest BCUT2D eigenvalue weighted by atomic mass is 10.1. The predicted octanol–water partition coefficient (Wildman–Crippen LogP) is 2.89. The van der Waals surface area contributed by atoms with Gasteiger partial charge in [-0.05, 0) is 63.7 Å². The molecule has 5 nitrogen and oxygen atoms in total. The number of nitrogens with one attached hydrogen (secondary N) is 1. The first kappa shape index (κ1) is 14.7. The summed E-state index contributed by atoms with van der Waals surface area (Å²) in [5, 5.41) is 29.8. The van der Waals surface area contributed by atoms with Gasteiger partial charge in [-0.2, -0.15) is 20.9 Å². The smallest absolute Gasteiger partial charge is 0.237 e. The number of benzene rings is 1. The van der Waals surface area contributed by atoms with E-state index >= 15 is 0 Å². The van der Waals surface area contributed by atoms with Gasteiger partial charge in [0.05, 0.1) is 17.3 Å². The molecule has 0 aliphatic rings. The fraction of sp³-hybridized carbons (Fsp3) is 0.0909. The Morgan fingerprint density at radius 3 is 2.39 bits per heavy atom. The maximum Gasteiger partial charge on any atom is 0.237 e. The van der Waals surface area contributed by atoms with Crippen LogP contribution in [-0.4, -0.2) is 5.71 Å². The number of hydrogen-bond donors (Lipinski definition) is 1. The molecule has 1 aromatic rings. The van der Waals surface area contributed by atoms with Crippen LogP contribution in [-0.2, 0) is 0 Å². The molecular weight excluding hydrogens is 456 g/mol. The van der Waals surface area contributed by atoms with E-state index in [4.69, 9.17) is 15.8 Å². The number of rotatable bonds is 2. The molecule has 0 radical (unpaired) electrons. The van der Waals surface area contributed by atoms with Crippen LogP contribution in [0.25, 0.3) is 0 Å². The van der Waals surface area contributed by atoms with Crippen molar-refractivity contribution in [2.24, 2.45) is 5.10 Å². The zero-order chi connectivity index (χ0) is 13.7. The SMILES string of the molecule is Cc1c(C#N)cc(I)c(NN=C(C#N)C#N)c1I. The lowest BCUT2D eigenvalue weighted by Crippen LogP contribution is -2.02. The van der Waals surface area contributed by atoms with Crippen LogP contribution in [0, 0.1) is 48.1 Å². The van der Waals surface area contributed by atoms with Gasteiger partial charge in [0.2, 0.25) is 5.71 Å². The van der Waals surface area contributed by atoms with Crippen molar-refractivity contribution < 1.29 is 0 Å². The molecule has 0 spiro atoms. The summed E-state index contributed by atoms with van der Waals surface area (Å²) in [5.74, 6) is 0. The van der Waals surface area contributed by atoms with Gasteiger partial charge in [0.15, 0.2) is 0 Å². The minimum atomic E-state index is -0.247. The van der Waals surface area contributed by atoms with Crippen LogP contribution >= 0.6 is 45.2 Å². The second-order valence-electron chi connectivity index (χ2n) is 3.13. The Kier molecular flexibility index (Phi) is 5.32. The van der Waals surface area contributed by atoms with E-state index in [2.05, 4.69) is 61.8 Å². The highest BCUT2D eigenvalue weighted by atomic mass is 127. The molecule has 0 aromatic heterocycles. The number of halogens is 2. The first-order chi connectivity index (χ1) is 8.54. The minimum absolute atomic E-state index is 0.247. The van der Waals surface area contributed by atoms with Crippen LogP contribution in [0.15, 0.2) is 11.2 Å². The van der Waals surface area contributed by atoms with Gasteiger partial charge in [-0.25, -0.2) is 0 Å². The summed E-state index contributed by atoms with van der Waals surface area (Å²) in [4.78, 5) is 0. The van der Waals surface area contributed by atoms with Gasteiger partial charge in [0.1, 0.15) is 12.1 Å². The molecule has 0 bridgehead atoms. The molecule has 1 rings (SSSR count). The van der Waals surface area contributed by atoms with Gasteiger partial charge in [0, 0.05) is 7.14 Å². The van der Waals surface area contributed by atoms with E-state index in [1.807, 2.05) is 6.92 Å². The second kappa shape index (κ2) is 6.53. The van der Waals surface area contributed by atoms with Crippen LogP contribution < -0.4 is 5.43 Å². The van der Waals surface area contributed by atoms with Crippen molar-refractivity contribution in [1.82, 2.24) is 0 Å². The van der Waals surface area contributed by atoms with Gasteiger partial charge in [-0.3, -0.25) is 5.43 Å². The normalized spacial score (nSPS) is 8.67. The summed E-state index contributed by atoms with van der Waals surface area (Å²) in [5.41, 5.74) is 4.57. The highest BCUT2D eigenvalue weighted by Crippen LogP contribution is 2.30. The zero-order valence-corrected chi connectivity index (χ0v) is 13.4. The standard InChI is InChI=1S/C11H5I2N5/c1-6-7(3-14)2-9(12)11(10(6)13)18-17-8(4-15)5-16/h2,18H,1H3. The fourth-order valence-electron chi connectivity index (χ4n) is 1.12. The van der Waals surface area contributed by atoms with E-state index in [-0.39, 0.29) is 5.71 Å². The van der Waals surface area contributed by atoms with Crippen molar-refractivity contribution in [3.8, 4) is 18.2 Å². The Morgan fingerprint density at radius 2 is 1.89 bits per heavy atom. The molecule has 0 unspecified atom stereocenters. The summed E-state index contributed by atoms with van der Waals surface area (Å²) in [7, 11) is 0. The van der Waals surface area contributed by atoms with Gasteiger partial charge < -0.3 is 0 Å². The number of nitrogens with zero attached hydrogens (tertiary/aromatic N) is 4. The average Bonchev–Trinajstić information content (AvgIpc) is 2.38. The summed E-state index contributed by atoms with van der Waals surface area (Å²) in [6, 6.07) is 7.18. The van der Waals surface area contributed by atoms with Gasteiger partial charge in [0.25, 0.3) is 0 Å². The lowest BCUT2D eigenvalue weighted by Gasteiger charge is -2.10. The highest BCUT2D eigenvalue weighted by molar-refractivity contribution is 14.1. The quantitative estimate of drug-likeness (QED) is 0.417. The lowest BCUT2D eigenvalue weighted by molar-refractivity contribution is 1.27. The van der Waals surface area contributed by atoms with E-state index < -0.39 is 0 Å². The third kappa shape index (κ3) is 3.09. The molecule has 0 atom stereocenters. The Bertz CT molecular complexity index is 627. The number of nitriles is 3. The largest absolute Gasteiger partial charge is 0.274 e. The average molecular weight is 461 g/mol. The summed E-state index contributed by atoms with van der Waals surface area (Å²) in [6.07, 6.45) is 0. The minimum Gasteiger partial charge on any atom is -0.274 e. The molecule has 0 amide bonds. The molecule has 0 aliphatic carbocycles. The molecule has 88 valence electrons. The van der Waals surface area contributed by atoms with E-state index in [0.717, 1.165) is 12.7 Å². The van der Waals surface area contributed by atoms with Gasteiger partial charge in [-0.1, -0.05) is 0 Å². The van der Waals surface area contributed by atoms with Crippen molar-refractivity contribution in [1.29, 1.82) is 15.8 Å². The Balaban J connectivity index is 3.26. The molecule has 0 aliphatic heterocycles. The molecule has 18 heavy (non-hydrogen) atoms. The Hall–Kier alpha value is -1.38. The number of anilines is 1. The van der Waals surface area contributed by atoms with Gasteiger partial charge in [-0.15, -0.1) is 0 Å². The maximum atomic E-state index is 8.96. The molecule has 1 aromatic carbocycles. The Labute approximate surface area is 131 Å². The van der Waals surface area contributed by atoms with Crippen LogP contribution in [0.3, 0.4) is 0 Å². The molecule has 1 N–H and O–H groups in total. The van der Waals surface area contributed by atoms with Crippen LogP contribution in [0.1, 0.15) is 11.1 Å². The summed E-state index contributed by atoms with van der Waals surface area (Å²) < 4.78 is 1.65. The van der Waals surface area contributed by atoms with Crippen molar-refractivity contribution >= 4 is 56.6 Å². The number of hydrogen-bond acceptors (Lipinski definition) is 5. The van der Waals surface area contributed by atoms with Crippen LogP contribution in [0.2, 0.25) is 0 Å². The molecule has 0 saturated carbocycles. The molecule has 0 fully saturated rings. The van der Waals surface area contributed by atoms with Crippen molar-refractivity contribution in [2.45, 2.75) is 6.92 Å². The number of hydrazone groups is 1. The van der Waals surface area contributed by atoms with Crippen molar-refractivity contribution in [3.63, 3.8) is 0 Å². The first-order valence-electron chi connectivity index (χ1n) is 4.57. The highest BCUT2D eigenvalue weighted by Gasteiger charge is 2.12. The van der Waals surface area contributed by atoms with Gasteiger partial charge >= 0.3 is 0 Å². The second-order valence-corrected chi connectivity index (χ2v) is 5.37. The van der Waals surface area contributed by atoms with E-state index in [0.29, 0.717) is 11.3 Å². The zero-order valence-electron chi connectivity index (χ0n) is 9.12.